The van der Waals surface area contributed by atoms with Crippen LogP contribution in [0.1, 0.15) is 55.8 Å². The first-order valence-corrected chi connectivity index (χ1v) is 6.83. The SMILES string of the molecule is Cn1nnc(C(=O)O)c1C1CCCN1C(=O)OC(C)(C)C. The first-order valence-electron chi connectivity index (χ1n) is 6.83. The summed E-state index contributed by atoms with van der Waals surface area (Å²) in [5.41, 5.74) is -0.270. The normalized spacial score (nSPS) is 18.9. The molecule has 1 unspecified atom stereocenters. The summed E-state index contributed by atoms with van der Waals surface area (Å²) in [4.78, 5) is 25.1. The van der Waals surface area contributed by atoms with Gasteiger partial charge in [0.25, 0.3) is 0 Å². The highest BCUT2D eigenvalue weighted by Crippen LogP contribution is 2.34. The molecule has 0 bridgehead atoms. The zero-order chi connectivity index (χ0) is 15.8. The maximum atomic E-state index is 12.3. The van der Waals surface area contributed by atoms with Crippen molar-refractivity contribution < 1.29 is 19.4 Å². The molecule has 1 aliphatic heterocycles. The molecule has 0 radical (unpaired) electrons. The van der Waals surface area contributed by atoms with E-state index in [0.717, 1.165) is 6.42 Å². The zero-order valence-electron chi connectivity index (χ0n) is 12.7. The van der Waals surface area contributed by atoms with Gasteiger partial charge in [0.05, 0.1) is 11.7 Å². The fourth-order valence-electron chi connectivity index (χ4n) is 2.48. The van der Waals surface area contributed by atoms with Crippen LogP contribution in [0.5, 0.6) is 0 Å². The van der Waals surface area contributed by atoms with E-state index in [9.17, 15) is 14.7 Å². The lowest BCUT2D eigenvalue weighted by Gasteiger charge is -2.28. The van der Waals surface area contributed by atoms with Gasteiger partial charge in [-0.2, -0.15) is 0 Å². The monoisotopic (exact) mass is 296 g/mol. The van der Waals surface area contributed by atoms with Crippen LogP contribution in [0.3, 0.4) is 0 Å². The van der Waals surface area contributed by atoms with Gasteiger partial charge in [-0.15, -0.1) is 5.10 Å². The molecule has 2 rings (SSSR count). The Hall–Kier alpha value is -2.12. The molecule has 116 valence electrons. The number of carbonyl (C=O) groups is 2. The Labute approximate surface area is 122 Å². The lowest BCUT2D eigenvalue weighted by Crippen LogP contribution is -2.37. The molecule has 1 atom stereocenters. The van der Waals surface area contributed by atoms with Crippen molar-refractivity contribution in [3.63, 3.8) is 0 Å². The summed E-state index contributed by atoms with van der Waals surface area (Å²) in [6, 6.07) is -0.369. The van der Waals surface area contributed by atoms with E-state index in [2.05, 4.69) is 10.3 Å². The third kappa shape index (κ3) is 3.14. The predicted molar refractivity (Wildman–Crippen MR) is 72.9 cm³/mol. The van der Waals surface area contributed by atoms with E-state index in [4.69, 9.17) is 4.74 Å². The first-order chi connectivity index (χ1) is 9.70. The zero-order valence-corrected chi connectivity index (χ0v) is 12.7. The van der Waals surface area contributed by atoms with Gasteiger partial charge in [-0.05, 0) is 33.6 Å². The molecule has 8 heteroatoms. The summed E-state index contributed by atoms with van der Waals surface area (Å²) >= 11 is 0. The standard InChI is InChI=1S/C13H20N4O4/c1-13(2,3)21-12(20)17-7-5-6-8(17)10-9(11(18)19)14-15-16(10)4/h8H,5-7H2,1-4H3,(H,18,19). The number of carboxylic acid groups (broad SMARTS) is 1. The van der Waals surface area contributed by atoms with Gasteiger partial charge in [-0.1, -0.05) is 5.21 Å². The average Bonchev–Trinajstić information content (AvgIpc) is 2.91. The van der Waals surface area contributed by atoms with Crippen molar-refractivity contribution in [3.05, 3.63) is 11.4 Å². The van der Waals surface area contributed by atoms with Gasteiger partial charge in [0.2, 0.25) is 0 Å². The molecule has 1 amide bonds. The maximum absolute atomic E-state index is 12.3. The highest BCUT2D eigenvalue weighted by molar-refractivity contribution is 5.86. The van der Waals surface area contributed by atoms with Gasteiger partial charge in [0.15, 0.2) is 5.69 Å². The van der Waals surface area contributed by atoms with E-state index in [0.29, 0.717) is 18.7 Å². The summed E-state index contributed by atoms with van der Waals surface area (Å²) in [7, 11) is 1.63. The topological polar surface area (TPSA) is 97.5 Å². The van der Waals surface area contributed by atoms with Crippen molar-refractivity contribution >= 4 is 12.1 Å². The molecule has 0 saturated carbocycles. The smallest absolute Gasteiger partial charge is 0.410 e. The first kappa shape index (κ1) is 15.3. The predicted octanol–water partition coefficient (Wildman–Crippen LogP) is 1.59. The second kappa shape index (κ2) is 5.34. The molecule has 1 aliphatic rings. The number of hydrogen-bond acceptors (Lipinski definition) is 5. The summed E-state index contributed by atoms with van der Waals surface area (Å²) in [6.45, 7) is 5.92. The fraction of sp³-hybridized carbons (Fsp3) is 0.692. The van der Waals surface area contributed by atoms with E-state index >= 15 is 0 Å². The van der Waals surface area contributed by atoms with Crippen molar-refractivity contribution in [2.24, 2.45) is 7.05 Å². The lowest BCUT2D eigenvalue weighted by atomic mass is 10.1. The van der Waals surface area contributed by atoms with Gasteiger partial charge in [-0.25, -0.2) is 14.3 Å². The minimum Gasteiger partial charge on any atom is -0.476 e. The van der Waals surface area contributed by atoms with Crippen LogP contribution in [-0.4, -0.2) is 49.2 Å². The average molecular weight is 296 g/mol. The van der Waals surface area contributed by atoms with Crippen LogP contribution < -0.4 is 0 Å². The second-order valence-electron chi connectivity index (χ2n) is 6.08. The minimum absolute atomic E-state index is 0.113. The molecule has 1 saturated heterocycles. The number of aromatic nitrogens is 3. The van der Waals surface area contributed by atoms with Crippen molar-refractivity contribution in [2.45, 2.75) is 45.3 Å². The van der Waals surface area contributed by atoms with Crippen LogP contribution in [0.15, 0.2) is 0 Å². The van der Waals surface area contributed by atoms with Gasteiger partial charge < -0.3 is 9.84 Å². The molecule has 0 aliphatic carbocycles. The maximum Gasteiger partial charge on any atom is 0.410 e. The van der Waals surface area contributed by atoms with Crippen LogP contribution in [0.2, 0.25) is 0 Å². The summed E-state index contributed by atoms with van der Waals surface area (Å²) in [5.74, 6) is -1.14. The largest absolute Gasteiger partial charge is 0.476 e. The number of amides is 1. The third-order valence-corrected chi connectivity index (χ3v) is 3.27. The molecular formula is C13H20N4O4. The Morgan fingerprint density at radius 2 is 2.05 bits per heavy atom. The number of likely N-dealkylation sites (tertiary alicyclic amines) is 1. The van der Waals surface area contributed by atoms with Crippen LogP contribution in [0.25, 0.3) is 0 Å². The van der Waals surface area contributed by atoms with Crippen LogP contribution >= 0.6 is 0 Å². The number of hydrogen-bond donors (Lipinski definition) is 1. The number of ether oxygens (including phenoxy) is 1. The van der Waals surface area contributed by atoms with Gasteiger partial charge in [-0.3, -0.25) is 4.90 Å². The van der Waals surface area contributed by atoms with Crippen LogP contribution in [0, 0.1) is 0 Å². The quantitative estimate of drug-likeness (QED) is 0.890. The molecule has 1 aromatic heterocycles. The molecule has 0 spiro atoms. The summed E-state index contributed by atoms with van der Waals surface area (Å²) in [6.07, 6.45) is 1.01. The molecule has 1 N–H and O–H groups in total. The minimum atomic E-state index is -1.14. The van der Waals surface area contributed by atoms with Crippen molar-refractivity contribution in [3.8, 4) is 0 Å². The van der Waals surface area contributed by atoms with E-state index in [1.165, 1.54) is 4.68 Å². The van der Waals surface area contributed by atoms with Gasteiger partial charge in [0, 0.05) is 13.6 Å². The highest BCUT2D eigenvalue weighted by Gasteiger charge is 2.37. The number of rotatable bonds is 2. The molecule has 2 heterocycles. The number of nitrogens with zero attached hydrogens (tertiary/aromatic N) is 4. The summed E-state index contributed by atoms with van der Waals surface area (Å²) < 4.78 is 6.79. The molecular weight excluding hydrogens is 276 g/mol. The molecule has 21 heavy (non-hydrogen) atoms. The van der Waals surface area contributed by atoms with E-state index < -0.39 is 17.7 Å². The Morgan fingerprint density at radius 1 is 1.38 bits per heavy atom. The van der Waals surface area contributed by atoms with Crippen LogP contribution in [-0.2, 0) is 11.8 Å². The number of carbonyl (C=O) groups excluding carboxylic acids is 1. The molecule has 1 fully saturated rings. The third-order valence-electron chi connectivity index (χ3n) is 3.27. The Bertz CT molecular complexity index is 561. The van der Waals surface area contributed by atoms with E-state index in [1.54, 1.807) is 32.7 Å². The fourth-order valence-corrected chi connectivity index (χ4v) is 2.48. The Kier molecular flexibility index (Phi) is 3.89. The Balaban J connectivity index is 2.29. The lowest BCUT2D eigenvalue weighted by molar-refractivity contribution is 0.0216. The number of aromatic carboxylic acids is 1. The van der Waals surface area contributed by atoms with E-state index in [-0.39, 0.29) is 11.7 Å². The summed E-state index contributed by atoms with van der Waals surface area (Å²) in [5, 5.41) is 16.6. The second-order valence-corrected chi connectivity index (χ2v) is 6.08. The van der Waals surface area contributed by atoms with Crippen molar-refractivity contribution in [1.82, 2.24) is 19.9 Å². The number of aryl methyl sites for hydroxylation is 1. The number of carboxylic acids is 1. The van der Waals surface area contributed by atoms with Gasteiger partial charge in [0.1, 0.15) is 5.60 Å². The molecule has 0 aromatic carbocycles. The van der Waals surface area contributed by atoms with Gasteiger partial charge >= 0.3 is 12.1 Å². The van der Waals surface area contributed by atoms with E-state index in [1.807, 2.05) is 0 Å². The molecule has 8 nitrogen and oxygen atoms in total. The van der Waals surface area contributed by atoms with Crippen molar-refractivity contribution in [2.75, 3.05) is 6.54 Å². The van der Waals surface area contributed by atoms with Crippen molar-refractivity contribution in [1.29, 1.82) is 0 Å². The highest BCUT2D eigenvalue weighted by atomic mass is 16.6. The van der Waals surface area contributed by atoms with Crippen LogP contribution in [0.4, 0.5) is 4.79 Å². The Morgan fingerprint density at radius 3 is 2.62 bits per heavy atom. The molecule has 1 aromatic rings.